The van der Waals surface area contributed by atoms with Gasteiger partial charge in [0.05, 0.1) is 12.0 Å². The monoisotopic (exact) mass is 461 g/mol. The van der Waals surface area contributed by atoms with E-state index in [1.165, 1.54) is 10.9 Å². The van der Waals surface area contributed by atoms with Gasteiger partial charge in [0.15, 0.2) is 5.82 Å². The Balaban J connectivity index is 1.65. The highest BCUT2D eigenvalue weighted by Gasteiger charge is 2.34. The van der Waals surface area contributed by atoms with Gasteiger partial charge in [-0.15, -0.1) is 5.10 Å². The molecule has 0 saturated heterocycles. The Morgan fingerprint density at radius 2 is 1.82 bits per heavy atom. The second-order valence-corrected chi connectivity index (χ2v) is 9.38. The van der Waals surface area contributed by atoms with Crippen molar-refractivity contribution in [3.8, 4) is 5.69 Å². The van der Waals surface area contributed by atoms with Gasteiger partial charge in [0.2, 0.25) is 5.91 Å². The van der Waals surface area contributed by atoms with Crippen molar-refractivity contribution in [1.29, 1.82) is 0 Å². The van der Waals surface area contributed by atoms with Crippen molar-refractivity contribution < 1.29 is 19.1 Å². The first kappa shape index (κ1) is 23.5. The van der Waals surface area contributed by atoms with E-state index in [4.69, 9.17) is 4.42 Å². The molecule has 1 aliphatic rings. The van der Waals surface area contributed by atoms with Crippen molar-refractivity contribution >= 4 is 23.3 Å². The number of hydrogen-bond acceptors (Lipinski definition) is 4. The molecular formula is C27H31N3O4. The lowest BCUT2D eigenvalue weighted by molar-refractivity contribution is -0.123. The quantitative estimate of drug-likeness (QED) is 0.481. The third-order valence-corrected chi connectivity index (χ3v) is 6.57. The Morgan fingerprint density at radius 3 is 2.38 bits per heavy atom. The lowest BCUT2D eigenvalue weighted by Gasteiger charge is -2.32. The fourth-order valence-electron chi connectivity index (χ4n) is 4.54. The van der Waals surface area contributed by atoms with E-state index in [1.807, 2.05) is 50.2 Å². The van der Waals surface area contributed by atoms with E-state index in [9.17, 15) is 14.7 Å². The highest BCUT2D eigenvalue weighted by molar-refractivity contribution is 6.01. The number of amides is 1. The summed E-state index contributed by atoms with van der Waals surface area (Å²) in [5.74, 6) is 0.245. The van der Waals surface area contributed by atoms with Crippen LogP contribution < -0.4 is 4.90 Å². The number of anilines is 1. The molecule has 0 bridgehead atoms. The van der Waals surface area contributed by atoms with Crippen molar-refractivity contribution in [2.45, 2.75) is 52.5 Å². The summed E-state index contributed by atoms with van der Waals surface area (Å²) in [5.41, 5.74) is 2.33. The summed E-state index contributed by atoms with van der Waals surface area (Å²) in [5, 5.41) is 14.5. The molecule has 0 aliphatic heterocycles. The molecule has 178 valence electrons. The van der Waals surface area contributed by atoms with Crippen molar-refractivity contribution in [3.05, 3.63) is 72.3 Å². The first-order valence-corrected chi connectivity index (χ1v) is 11.8. The smallest absolute Gasteiger partial charge is 0.341 e. The van der Waals surface area contributed by atoms with Gasteiger partial charge < -0.3 is 9.52 Å². The summed E-state index contributed by atoms with van der Waals surface area (Å²) < 4.78 is 6.93. The summed E-state index contributed by atoms with van der Waals surface area (Å²) in [6.45, 7) is 10.1. The van der Waals surface area contributed by atoms with Crippen LogP contribution in [0.2, 0.25) is 0 Å². The minimum Gasteiger partial charge on any atom is -0.477 e. The maximum absolute atomic E-state index is 13.5. The van der Waals surface area contributed by atoms with Crippen LogP contribution in [-0.4, -0.2) is 32.8 Å². The minimum atomic E-state index is -1.11. The Morgan fingerprint density at radius 1 is 1.15 bits per heavy atom. The Labute approximate surface area is 199 Å². The molecule has 0 unspecified atom stereocenters. The van der Waals surface area contributed by atoms with Gasteiger partial charge in [-0.3, -0.25) is 9.69 Å². The maximum Gasteiger partial charge on any atom is 0.341 e. The number of aromatic carboxylic acids is 1. The predicted molar refractivity (Wildman–Crippen MR) is 131 cm³/mol. The molecule has 4 rings (SSSR count). The third-order valence-electron chi connectivity index (χ3n) is 6.57. The molecule has 0 atom stereocenters. The van der Waals surface area contributed by atoms with E-state index < -0.39 is 5.97 Å². The largest absolute Gasteiger partial charge is 0.477 e. The van der Waals surface area contributed by atoms with Gasteiger partial charge in [-0.05, 0) is 75.3 Å². The number of nitrogens with zero attached hydrogens (tertiary/aromatic N) is 3. The highest BCUT2D eigenvalue weighted by Crippen LogP contribution is 2.33. The third kappa shape index (κ3) is 4.69. The molecule has 1 saturated carbocycles. The molecule has 2 aromatic heterocycles. The predicted octanol–water partition coefficient (Wildman–Crippen LogP) is 5.79. The van der Waals surface area contributed by atoms with Crippen LogP contribution in [0, 0.1) is 11.8 Å². The second kappa shape index (κ2) is 9.71. The molecule has 1 N–H and O–H groups in total. The SMILES string of the molecule is C=C(c1ccc(-n2cc(C(=O)O)c(N(C(=O)C3CCC(C)CC3)C(C)C)n2)cc1)c1ccco1. The Bertz CT molecular complexity index is 1170. The van der Waals surface area contributed by atoms with Crippen molar-refractivity contribution in [2.24, 2.45) is 11.8 Å². The summed E-state index contributed by atoms with van der Waals surface area (Å²) in [6, 6.07) is 10.9. The Kier molecular flexibility index (Phi) is 6.72. The molecule has 7 heteroatoms. The molecule has 0 radical (unpaired) electrons. The molecule has 1 aliphatic carbocycles. The zero-order valence-electron chi connectivity index (χ0n) is 19.9. The molecular weight excluding hydrogens is 430 g/mol. The average Bonchev–Trinajstić information content (AvgIpc) is 3.50. The van der Waals surface area contributed by atoms with Crippen molar-refractivity contribution in [2.75, 3.05) is 4.90 Å². The van der Waals surface area contributed by atoms with Crippen LogP contribution in [0.5, 0.6) is 0 Å². The number of rotatable bonds is 7. The fraction of sp³-hybridized carbons (Fsp3) is 0.370. The summed E-state index contributed by atoms with van der Waals surface area (Å²) in [6.07, 6.45) is 6.75. The highest BCUT2D eigenvalue weighted by atomic mass is 16.4. The van der Waals surface area contributed by atoms with Crippen LogP contribution in [0.3, 0.4) is 0 Å². The molecule has 1 fully saturated rings. The fourth-order valence-corrected chi connectivity index (χ4v) is 4.54. The average molecular weight is 462 g/mol. The van der Waals surface area contributed by atoms with Crippen LogP contribution in [0.15, 0.2) is 59.9 Å². The number of furan rings is 1. The zero-order valence-corrected chi connectivity index (χ0v) is 19.9. The van der Waals surface area contributed by atoms with E-state index in [0.717, 1.165) is 36.8 Å². The molecule has 34 heavy (non-hydrogen) atoms. The number of hydrogen-bond donors (Lipinski definition) is 1. The maximum atomic E-state index is 13.5. The number of carbonyl (C=O) groups is 2. The van der Waals surface area contributed by atoms with Gasteiger partial charge in [-0.2, -0.15) is 0 Å². The molecule has 1 amide bonds. The van der Waals surface area contributed by atoms with Gasteiger partial charge in [0.25, 0.3) is 0 Å². The Hall–Kier alpha value is -3.61. The van der Waals surface area contributed by atoms with E-state index in [2.05, 4.69) is 18.6 Å². The number of carboxylic acids is 1. The van der Waals surface area contributed by atoms with E-state index in [1.54, 1.807) is 11.2 Å². The number of carboxylic acid groups (broad SMARTS) is 1. The topological polar surface area (TPSA) is 88.6 Å². The number of benzene rings is 1. The zero-order chi connectivity index (χ0) is 24.4. The van der Waals surface area contributed by atoms with Gasteiger partial charge in [0, 0.05) is 23.7 Å². The van der Waals surface area contributed by atoms with Crippen LogP contribution in [0.25, 0.3) is 11.3 Å². The minimum absolute atomic E-state index is 0.00954. The van der Waals surface area contributed by atoms with Crippen molar-refractivity contribution in [1.82, 2.24) is 9.78 Å². The number of carbonyl (C=O) groups excluding carboxylic acids is 1. The summed E-state index contributed by atoms with van der Waals surface area (Å²) in [7, 11) is 0. The first-order valence-electron chi connectivity index (χ1n) is 11.8. The van der Waals surface area contributed by atoms with Crippen LogP contribution >= 0.6 is 0 Å². The van der Waals surface area contributed by atoms with Gasteiger partial charge >= 0.3 is 5.97 Å². The standard InChI is InChI=1S/C27H31N3O4/c1-17(2)30(26(31)21-9-7-18(3)8-10-21)25-23(27(32)33)16-29(28-25)22-13-11-20(12-14-22)19(4)24-6-5-15-34-24/h5-6,11-18,21H,4,7-10H2,1-3H3,(H,32,33). The first-order chi connectivity index (χ1) is 16.3. The normalized spacial score (nSPS) is 18.1. The van der Waals surface area contributed by atoms with E-state index >= 15 is 0 Å². The van der Waals surface area contributed by atoms with Gasteiger partial charge in [0.1, 0.15) is 11.3 Å². The molecule has 3 aromatic rings. The van der Waals surface area contributed by atoms with Gasteiger partial charge in [-0.25, -0.2) is 9.48 Å². The second-order valence-electron chi connectivity index (χ2n) is 9.38. The molecule has 0 spiro atoms. The number of aromatic nitrogens is 2. The molecule has 2 heterocycles. The van der Waals surface area contributed by atoms with Gasteiger partial charge in [-0.1, -0.05) is 25.6 Å². The van der Waals surface area contributed by atoms with Crippen molar-refractivity contribution in [3.63, 3.8) is 0 Å². The van der Waals surface area contributed by atoms with Crippen LogP contribution in [0.1, 0.15) is 68.1 Å². The van der Waals surface area contributed by atoms with E-state index in [-0.39, 0.29) is 29.2 Å². The van der Waals surface area contributed by atoms with E-state index in [0.29, 0.717) is 17.4 Å². The summed E-state index contributed by atoms with van der Waals surface area (Å²) >= 11 is 0. The lowest BCUT2D eigenvalue weighted by atomic mass is 9.82. The molecule has 1 aromatic carbocycles. The van der Waals surface area contributed by atoms with Crippen LogP contribution in [-0.2, 0) is 4.79 Å². The summed E-state index contributed by atoms with van der Waals surface area (Å²) in [4.78, 5) is 27.1. The molecule has 7 nitrogen and oxygen atoms in total. The van der Waals surface area contributed by atoms with Crippen LogP contribution in [0.4, 0.5) is 5.82 Å². The lowest BCUT2D eigenvalue weighted by Crippen LogP contribution is -2.43.